The van der Waals surface area contributed by atoms with Gasteiger partial charge < -0.3 is 24.1 Å². The number of phosphoric acid groups is 1. The molecule has 3 N–H and O–H groups in total. The first-order valence-corrected chi connectivity index (χ1v) is 14.2. The molecule has 3 rings (SSSR count). The number of carbonyl (C=O) groups is 2. The fourth-order valence-corrected chi connectivity index (χ4v) is 4.70. The number of hydrogen-bond acceptors (Lipinski definition) is 8. The maximum atomic E-state index is 13.2. The number of phenols is 1. The van der Waals surface area contributed by atoms with Crippen LogP contribution in [0.5, 0.6) is 11.5 Å². The Hall–Kier alpha value is -3.14. The summed E-state index contributed by atoms with van der Waals surface area (Å²) in [6.45, 7) is 4.72. The first-order valence-electron chi connectivity index (χ1n) is 12.6. The highest BCUT2D eigenvalue weighted by Gasteiger charge is 2.28. The molecular formula is C26H35N2O9P. The zero-order chi connectivity index (χ0) is 27.7. The Kier molecular flexibility index (Phi) is 10.5. The van der Waals surface area contributed by atoms with E-state index in [9.17, 15) is 29.0 Å². The smallest absolute Gasteiger partial charge is 0.508 e. The minimum Gasteiger partial charge on any atom is -0.508 e. The van der Waals surface area contributed by atoms with Crippen LogP contribution >= 0.6 is 7.82 Å². The highest BCUT2D eigenvalue weighted by molar-refractivity contribution is 7.46. The van der Waals surface area contributed by atoms with Crippen LogP contribution in [0.25, 0.3) is 0 Å². The van der Waals surface area contributed by atoms with Gasteiger partial charge in [-0.1, -0.05) is 22.9 Å². The van der Waals surface area contributed by atoms with Crippen molar-refractivity contribution >= 4 is 25.4 Å². The summed E-state index contributed by atoms with van der Waals surface area (Å²) in [6, 6.07) is 2.22. The van der Waals surface area contributed by atoms with Crippen LogP contribution in [-0.2, 0) is 25.4 Å². The Bertz CT molecular complexity index is 1150. The fraction of sp³-hybridized carbons (Fsp3) is 0.500. The number of fused-ring (bicyclic) bond motifs is 1. The number of esters is 1. The summed E-state index contributed by atoms with van der Waals surface area (Å²) in [7, 11) is -5.07. The third kappa shape index (κ3) is 9.31. The van der Waals surface area contributed by atoms with Crippen LogP contribution in [0.2, 0.25) is 0 Å². The quantitative estimate of drug-likeness (QED) is 0.213. The van der Waals surface area contributed by atoms with Gasteiger partial charge in [-0.05, 0) is 63.7 Å². The van der Waals surface area contributed by atoms with E-state index in [0.29, 0.717) is 25.2 Å². The molecule has 0 radical (unpaired) electrons. The lowest BCUT2D eigenvalue weighted by molar-refractivity contribution is -0.137. The van der Waals surface area contributed by atoms with Gasteiger partial charge in [0.2, 0.25) is 0 Å². The highest BCUT2D eigenvalue weighted by Crippen LogP contribution is 2.42. The van der Waals surface area contributed by atoms with E-state index >= 15 is 0 Å². The summed E-state index contributed by atoms with van der Waals surface area (Å²) in [5.41, 5.74) is 1.21. The van der Waals surface area contributed by atoms with E-state index in [0.717, 1.165) is 43.7 Å². The summed E-state index contributed by atoms with van der Waals surface area (Å²) in [5.74, 6) is -1.94. The van der Waals surface area contributed by atoms with Crippen LogP contribution in [0.15, 0.2) is 41.1 Å². The van der Waals surface area contributed by atoms with Crippen LogP contribution in [0.4, 0.5) is 0 Å². The van der Waals surface area contributed by atoms with Gasteiger partial charge in [0.05, 0.1) is 5.71 Å². The molecule has 0 unspecified atom stereocenters. The van der Waals surface area contributed by atoms with Crippen LogP contribution in [-0.4, -0.2) is 63.2 Å². The van der Waals surface area contributed by atoms with E-state index in [1.165, 1.54) is 6.07 Å². The van der Waals surface area contributed by atoms with E-state index in [-0.39, 0.29) is 35.8 Å². The largest absolute Gasteiger partial charge is 0.524 e. The van der Waals surface area contributed by atoms with Gasteiger partial charge in [0.25, 0.3) is 5.91 Å². The van der Waals surface area contributed by atoms with E-state index in [1.54, 1.807) is 17.9 Å². The van der Waals surface area contributed by atoms with Crippen LogP contribution in [0, 0.1) is 0 Å². The average Bonchev–Trinajstić information content (AvgIpc) is 2.82. The highest BCUT2D eigenvalue weighted by atomic mass is 31.2. The molecule has 11 nitrogen and oxygen atoms in total. The van der Waals surface area contributed by atoms with Crippen molar-refractivity contribution in [3.8, 4) is 11.5 Å². The number of amides is 1. The number of piperidine rings is 1. The zero-order valence-electron chi connectivity index (χ0n) is 21.7. The maximum Gasteiger partial charge on any atom is 0.524 e. The average molecular weight is 551 g/mol. The van der Waals surface area contributed by atoms with Crippen molar-refractivity contribution in [2.45, 2.75) is 64.9 Å². The second-order valence-corrected chi connectivity index (χ2v) is 10.7. The molecule has 2 aliphatic heterocycles. The molecule has 0 aliphatic carbocycles. The molecule has 12 heteroatoms. The molecule has 0 bridgehead atoms. The Morgan fingerprint density at radius 1 is 1.21 bits per heavy atom. The van der Waals surface area contributed by atoms with Crippen LogP contribution in [0.3, 0.4) is 0 Å². The van der Waals surface area contributed by atoms with Gasteiger partial charge in [-0.3, -0.25) is 14.6 Å². The molecule has 2 heterocycles. The molecule has 1 aromatic rings. The second-order valence-electron chi connectivity index (χ2n) is 9.49. The minimum atomic E-state index is -5.07. The lowest BCUT2D eigenvalue weighted by atomic mass is 9.98. The number of rotatable bonds is 5. The summed E-state index contributed by atoms with van der Waals surface area (Å²) in [4.78, 5) is 51.6. The van der Waals surface area contributed by atoms with Gasteiger partial charge in [-0.2, -0.15) is 0 Å². The van der Waals surface area contributed by atoms with Crippen molar-refractivity contribution in [3.05, 3.63) is 47.1 Å². The molecule has 208 valence electrons. The van der Waals surface area contributed by atoms with E-state index in [2.05, 4.69) is 5.16 Å². The van der Waals surface area contributed by atoms with Gasteiger partial charge in [0, 0.05) is 32.0 Å². The number of ether oxygens (including phenoxy) is 1. The van der Waals surface area contributed by atoms with Gasteiger partial charge in [-0.25, -0.2) is 9.36 Å². The van der Waals surface area contributed by atoms with Gasteiger partial charge >= 0.3 is 13.8 Å². The van der Waals surface area contributed by atoms with E-state index in [4.69, 9.17) is 14.1 Å². The zero-order valence-corrected chi connectivity index (χ0v) is 22.6. The summed E-state index contributed by atoms with van der Waals surface area (Å²) in [6.07, 6.45) is 9.94. The summed E-state index contributed by atoms with van der Waals surface area (Å²) in [5, 5.41) is 14.4. The predicted molar refractivity (Wildman–Crippen MR) is 140 cm³/mol. The number of nitrogens with zero attached hydrogens (tertiary/aromatic N) is 2. The monoisotopic (exact) mass is 550 g/mol. The van der Waals surface area contributed by atoms with Crippen molar-refractivity contribution in [1.82, 2.24) is 4.90 Å². The number of allylic oxidation sites excluding steroid dienone is 3. The van der Waals surface area contributed by atoms with Crippen molar-refractivity contribution in [2.24, 2.45) is 5.16 Å². The predicted octanol–water partition coefficient (Wildman–Crippen LogP) is 4.02. The number of cyclic esters (lactones) is 1. The summed E-state index contributed by atoms with van der Waals surface area (Å²) < 4.78 is 21.9. The molecule has 0 spiro atoms. The maximum absolute atomic E-state index is 13.2. The van der Waals surface area contributed by atoms with Crippen LogP contribution in [0.1, 0.15) is 68.3 Å². The standard InChI is InChI=1S/C26H35N2O9P/c1-18-9-5-3-6-10-19(2)36-26(31)25-20(15-22(29)16-23(25)37-38(32,33)34)14-21(13-18)27-35-17-24(30)28-11-7-4-8-12-28/h3,6,13,15-16,19,29H,4-5,7-12,14,17H2,1-2H3,(H2,32,33,34)/b6-3+,18-13+,27-21?/t19-/m1/s1. The molecule has 0 saturated carbocycles. The van der Waals surface area contributed by atoms with Gasteiger partial charge in [-0.15, -0.1) is 0 Å². The number of aromatic hydroxyl groups is 1. The molecule has 0 aromatic heterocycles. The van der Waals surface area contributed by atoms with Crippen LogP contribution < -0.4 is 4.52 Å². The van der Waals surface area contributed by atoms with Crippen molar-refractivity contribution < 1.29 is 43.1 Å². The Labute approximate surface area is 222 Å². The Morgan fingerprint density at radius 2 is 1.95 bits per heavy atom. The van der Waals surface area contributed by atoms with Crippen molar-refractivity contribution in [1.29, 1.82) is 0 Å². The number of phenolic OH excluding ortho intramolecular Hbond substituents is 1. The summed E-state index contributed by atoms with van der Waals surface area (Å²) >= 11 is 0. The third-order valence-electron chi connectivity index (χ3n) is 6.10. The second kappa shape index (κ2) is 13.6. The third-order valence-corrected chi connectivity index (χ3v) is 6.54. The molecule has 1 aromatic carbocycles. The Balaban J connectivity index is 1.98. The lowest BCUT2D eigenvalue weighted by Crippen LogP contribution is -2.37. The first kappa shape index (κ1) is 29.4. The van der Waals surface area contributed by atoms with Crippen molar-refractivity contribution in [2.75, 3.05) is 19.7 Å². The van der Waals surface area contributed by atoms with Gasteiger partial charge in [0.15, 0.2) is 6.61 Å². The van der Waals surface area contributed by atoms with E-state index in [1.807, 2.05) is 19.1 Å². The Morgan fingerprint density at radius 3 is 2.66 bits per heavy atom. The molecule has 38 heavy (non-hydrogen) atoms. The molecule has 1 amide bonds. The molecular weight excluding hydrogens is 515 g/mol. The number of hydrogen-bond donors (Lipinski definition) is 3. The molecule has 1 fully saturated rings. The lowest BCUT2D eigenvalue weighted by Gasteiger charge is -2.26. The number of oxime groups is 1. The minimum absolute atomic E-state index is 0.0736. The SMILES string of the molecule is C/C1=C\C(=NOCC(=O)N2CCCCC2)Cc2cc(O)cc(OP(=O)(O)O)c2C(=O)O[C@H](C)C/C=C/CC1. The fourth-order valence-electron chi connectivity index (χ4n) is 4.30. The number of likely N-dealkylation sites (tertiary alicyclic amines) is 1. The number of benzene rings is 1. The van der Waals surface area contributed by atoms with Gasteiger partial charge in [0.1, 0.15) is 23.2 Å². The van der Waals surface area contributed by atoms with Crippen molar-refractivity contribution in [3.63, 3.8) is 0 Å². The van der Waals surface area contributed by atoms with E-state index < -0.39 is 25.6 Å². The number of phosphoric ester groups is 1. The normalized spacial score (nSPS) is 22.9. The first-order chi connectivity index (χ1) is 18.0. The molecule has 1 atom stereocenters. The topological polar surface area (TPSA) is 155 Å². The molecule has 2 aliphatic rings. The molecule has 1 saturated heterocycles. The number of carbonyl (C=O) groups excluding carboxylic acids is 2.